The van der Waals surface area contributed by atoms with Crippen LogP contribution in [0.25, 0.3) is 10.8 Å². The van der Waals surface area contributed by atoms with Crippen LogP contribution < -0.4 is 10.2 Å². The molecule has 3 aromatic rings. The lowest BCUT2D eigenvalue weighted by Crippen LogP contribution is -2.53. The number of alkyl halides is 1. The highest BCUT2D eigenvalue weighted by Gasteiger charge is 2.41. The van der Waals surface area contributed by atoms with Gasteiger partial charge in [0.05, 0.1) is 5.69 Å². The molecule has 144 valence electrons. The lowest BCUT2D eigenvalue weighted by Gasteiger charge is -2.30. The molecule has 1 saturated heterocycles. The topological polar surface area (TPSA) is 66.5 Å². The van der Waals surface area contributed by atoms with E-state index >= 15 is 4.39 Å². The SMILES string of the molecule is O=C1CCC(N2C(=O)c3cccc4c(C(F)c5ccccc5)ccc2c34)C(=O)N1. The van der Waals surface area contributed by atoms with Gasteiger partial charge in [0.15, 0.2) is 6.17 Å². The van der Waals surface area contributed by atoms with Crippen molar-refractivity contribution < 1.29 is 18.8 Å². The Morgan fingerprint density at radius 2 is 1.76 bits per heavy atom. The third kappa shape index (κ3) is 2.63. The van der Waals surface area contributed by atoms with Gasteiger partial charge in [-0.25, -0.2) is 4.39 Å². The summed E-state index contributed by atoms with van der Waals surface area (Å²) < 4.78 is 15.3. The number of nitrogens with zero attached hydrogens (tertiary/aromatic N) is 1. The molecule has 3 amide bonds. The molecule has 0 aliphatic carbocycles. The van der Waals surface area contributed by atoms with Gasteiger partial charge in [-0.15, -0.1) is 0 Å². The predicted octanol–water partition coefficient (Wildman–Crippen LogP) is 3.66. The molecular weight excluding hydrogens is 371 g/mol. The first-order valence-electron chi connectivity index (χ1n) is 9.48. The zero-order chi connectivity index (χ0) is 20.1. The van der Waals surface area contributed by atoms with E-state index in [1.807, 2.05) is 6.07 Å². The third-order valence-electron chi connectivity index (χ3n) is 5.65. The fourth-order valence-electron chi connectivity index (χ4n) is 4.29. The number of imide groups is 1. The van der Waals surface area contributed by atoms with Gasteiger partial charge in [0.2, 0.25) is 11.8 Å². The Hall–Kier alpha value is -3.54. The fraction of sp³-hybridized carbons (Fsp3) is 0.174. The van der Waals surface area contributed by atoms with Crippen molar-refractivity contribution >= 4 is 34.2 Å². The van der Waals surface area contributed by atoms with E-state index in [1.165, 1.54) is 4.90 Å². The molecule has 5 rings (SSSR count). The summed E-state index contributed by atoms with van der Waals surface area (Å²) in [6.07, 6.45) is -0.887. The number of rotatable bonds is 3. The van der Waals surface area contributed by atoms with Gasteiger partial charge in [0.25, 0.3) is 5.91 Å². The Morgan fingerprint density at radius 3 is 2.52 bits per heavy atom. The first kappa shape index (κ1) is 17.6. The molecule has 2 aliphatic heterocycles. The standard InChI is InChI=1S/C23H17FN2O3/c24-21(13-5-2-1-3-6-13)15-9-10-17-20-14(15)7-4-8-16(20)23(29)26(17)18-11-12-19(27)25-22(18)28/h1-10,18,21H,11-12H2,(H,25,27,28). The lowest BCUT2D eigenvalue weighted by molar-refractivity contribution is -0.134. The largest absolute Gasteiger partial charge is 0.295 e. The molecule has 29 heavy (non-hydrogen) atoms. The smallest absolute Gasteiger partial charge is 0.259 e. The van der Waals surface area contributed by atoms with E-state index in [0.29, 0.717) is 33.2 Å². The van der Waals surface area contributed by atoms with Crippen molar-refractivity contribution in [2.75, 3.05) is 4.90 Å². The van der Waals surface area contributed by atoms with Crippen molar-refractivity contribution in [3.05, 3.63) is 77.4 Å². The van der Waals surface area contributed by atoms with Gasteiger partial charge in [-0.05, 0) is 35.1 Å². The van der Waals surface area contributed by atoms with Gasteiger partial charge < -0.3 is 0 Å². The van der Waals surface area contributed by atoms with E-state index in [-0.39, 0.29) is 24.7 Å². The summed E-state index contributed by atoms with van der Waals surface area (Å²) in [5.74, 6) is -1.11. The summed E-state index contributed by atoms with van der Waals surface area (Å²) in [6, 6.07) is 16.7. The van der Waals surface area contributed by atoms with Crippen molar-refractivity contribution in [3.63, 3.8) is 0 Å². The van der Waals surface area contributed by atoms with Crippen molar-refractivity contribution in [1.82, 2.24) is 5.32 Å². The van der Waals surface area contributed by atoms with Crippen LogP contribution in [0.2, 0.25) is 0 Å². The van der Waals surface area contributed by atoms with Crippen molar-refractivity contribution in [2.24, 2.45) is 0 Å². The molecule has 2 unspecified atom stereocenters. The average Bonchev–Trinajstić information content (AvgIpc) is 3.02. The first-order chi connectivity index (χ1) is 14.1. The summed E-state index contributed by atoms with van der Waals surface area (Å²) in [6.45, 7) is 0. The van der Waals surface area contributed by atoms with Crippen molar-refractivity contribution in [3.8, 4) is 0 Å². The van der Waals surface area contributed by atoms with Gasteiger partial charge in [0, 0.05) is 17.4 Å². The number of anilines is 1. The quantitative estimate of drug-likeness (QED) is 0.697. The zero-order valence-electron chi connectivity index (χ0n) is 15.4. The van der Waals surface area contributed by atoms with Crippen LogP contribution >= 0.6 is 0 Å². The number of amides is 3. The van der Waals surface area contributed by atoms with E-state index in [1.54, 1.807) is 54.6 Å². The van der Waals surface area contributed by atoms with Crippen LogP contribution in [-0.4, -0.2) is 23.8 Å². The molecule has 2 heterocycles. The Bertz CT molecular complexity index is 1180. The molecule has 3 aromatic carbocycles. The Morgan fingerprint density at radius 1 is 0.966 bits per heavy atom. The highest BCUT2D eigenvalue weighted by molar-refractivity contribution is 6.27. The molecule has 1 N–H and O–H groups in total. The number of nitrogens with one attached hydrogen (secondary N) is 1. The van der Waals surface area contributed by atoms with Gasteiger partial charge in [-0.2, -0.15) is 0 Å². The van der Waals surface area contributed by atoms with E-state index in [4.69, 9.17) is 0 Å². The average molecular weight is 388 g/mol. The fourth-order valence-corrected chi connectivity index (χ4v) is 4.29. The van der Waals surface area contributed by atoms with Crippen LogP contribution in [0.15, 0.2) is 60.7 Å². The summed E-state index contributed by atoms with van der Waals surface area (Å²) >= 11 is 0. The van der Waals surface area contributed by atoms with E-state index in [2.05, 4.69) is 5.32 Å². The number of piperidine rings is 1. The highest BCUT2D eigenvalue weighted by atomic mass is 19.1. The number of hydrogen-bond donors (Lipinski definition) is 1. The van der Waals surface area contributed by atoms with Crippen LogP contribution in [0.3, 0.4) is 0 Å². The van der Waals surface area contributed by atoms with Crippen molar-refractivity contribution in [1.29, 1.82) is 0 Å². The van der Waals surface area contributed by atoms with Crippen LogP contribution in [0.5, 0.6) is 0 Å². The van der Waals surface area contributed by atoms with Crippen LogP contribution in [0.4, 0.5) is 10.1 Å². The van der Waals surface area contributed by atoms with Crippen molar-refractivity contribution in [2.45, 2.75) is 25.1 Å². The maximum atomic E-state index is 15.3. The molecule has 0 spiro atoms. The maximum absolute atomic E-state index is 15.3. The summed E-state index contributed by atoms with van der Waals surface area (Å²) in [7, 11) is 0. The molecule has 0 saturated carbocycles. The molecular formula is C23H17FN2O3. The molecule has 2 atom stereocenters. The minimum Gasteiger partial charge on any atom is -0.295 e. The van der Waals surface area contributed by atoms with Crippen LogP contribution in [-0.2, 0) is 9.59 Å². The van der Waals surface area contributed by atoms with Gasteiger partial charge in [0.1, 0.15) is 6.04 Å². The van der Waals surface area contributed by atoms with Gasteiger partial charge >= 0.3 is 0 Å². The minimum absolute atomic E-state index is 0.179. The maximum Gasteiger partial charge on any atom is 0.259 e. The number of carbonyl (C=O) groups is 3. The number of carbonyl (C=O) groups excluding carboxylic acids is 3. The van der Waals surface area contributed by atoms with E-state index in [0.717, 1.165) is 0 Å². The normalized spacial score (nSPS) is 19.6. The molecule has 6 heteroatoms. The number of hydrogen-bond acceptors (Lipinski definition) is 3. The van der Waals surface area contributed by atoms with Gasteiger partial charge in [-0.1, -0.05) is 48.5 Å². The number of halogens is 1. The lowest BCUT2D eigenvalue weighted by atomic mass is 9.94. The highest BCUT2D eigenvalue weighted by Crippen LogP contribution is 2.43. The van der Waals surface area contributed by atoms with Crippen LogP contribution in [0, 0.1) is 0 Å². The van der Waals surface area contributed by atoms with E-state index < -0.39 is 18.1 Å². The third-order valence-corrected chi connectivity index (χ3v) is 5.65. The van der Waals surface area contributed by atoms with Gasteiger partial charge in [-0.3, -0.25) is 24.6 Å². The van der Waals surface area contributed by atoms with Crippen LogP contribution in [0.1, 0.15) is 40.5 Å². The van der Waals surface area contributed by atoms with E-state index in [9.17, 15) is 14.4 Å². The summed E-state index contributed by atoms with van der Waals surface area (Å²) in [4.78, 5) is 38.4. The monoisotopic (exact) mass is 388 g/mol. The second-order valence-electron chi connectivity index (χ2n) is 7.32. The molecule has 5 nitrogen and oxygen atoms in total. The Balaban J connectivity index is 1.64. The second kappa shape index (κ2) is 6.51. The molecule has 0 bridgehead atoms. The Labute approximate surface area is 166 Å². The summed E-state index contributed by atoms with van der Waals surface area (Å²) in [5, 5.41) is 3.61. The Kier molecular flexibility index (Phi) is 3.94. The zero-order valence-corrected chi connectivity index (χ0v) is 15.4. The number of benzene rings is 3. The molecule has 0 aromatic heterocycles. The second-order valence-corrected chi connectivity index (χ2v) is 7.32. The summed E-state index contributed by atoms with van der Waals surface area (Å²) in [5.41, 5.74) is 2.05. The first-order valence-corrected chi connectivity index (χ1v) is 9.48. The molecule has 2 aliphatic rings. The molecule has 0 radical (unpaired) electrons. The minimum atomic E-state index is -1.33. The molecule has 1 fully saturated rings. The predicted molar refractivity (Wildman–Crippen MR) is 106 cm³/mol.